The van der Waals surface area contributed by atoms with Gasteiger partial charge < -0.3 is 15.4 Å². The zero-order chi connectivity index (χ0) is 22.1. The maximum atomic E-state index is 12.2. The highest BCUT2D eigenvalue weighted by molar-refractivity contribution is 7.89. The van der Waals surface area contributed by atoms with Crippen molar-refractivity contribution in [2.45, 2.75) is 38.3 Å². The van der Waals surface area contributed by atoms with Gasteiger partial charge in [-0.3, -0.25) is 4.90 Å². The summed E-state index contributed by atoms with van der Waals surface area (Å²) in [6.45, 7) is 12.1. The largest absolute Gasteiger partial charge is 0.379 e. The van der Waals surface area contributed by atoms with Crippen LogP contribution in [0.2, 0.25) is 0 Å². The molecule has 1 unspecified atom stereocenters. The minimum atomic E-state index is -3.41. The molecule has 170 valence electrons. The van der Waals surface area contributed by atoms with E-state index in [1.54, 1.807) is 12.1 Å². The van der Waals surface area contributed by atoms with Crippen LogP contribution >= 0.6 is 0 Å². The number of guanidine groups is 1. The molecule has 0 radical (unpaired) electrons. The number of aliphatic imine (C=N–C) groups is 1. The molecule has 2 N–H and O–H groups in total. The van der Waals surface area contributed by atoms with E-state index in [2.05, 4.69) is 34.4 Å². The van der Waals surface area contributed by atoms with Crippen LogP contribution in [0.4, 0.5) is 0 Å². The lowest BCUT2D eigenvalue weighted by Gasteiger charge is -2.37. The third-order valence-corrected chi connectivity index (χ3v) is 7.06. The number of benzene rings is 1. The van der Waals surface area contributed by atoms with Gasteiger partial charge in [0, 0.05) is 46.3 Å². The molecule has 0 aliphatic carbocycles. The first-order chi connectivity index (χ1) is 14.3. The van der Waals surface area contributed by atoms with Gasteiger partial charge in [-0.05, 0) is 30.5 Å². The molecule has 8 nitrogen and oxygen atoms in total. The van der Waals surface area contributed by atoms with Gasteiger partial charge in [-0.25, -0.2) is 17.7 Å². The first-order valence-corrected chi connectivity index (χ1v) is 12.0. The first-order valence-electron chi connectivity index (χ1n) is 10.6. The Morgan fingerprint density at radius 1 is 1.17 bits per heavy atom. The summed E-state index contributed by atoms with van der Waals surface area (Å²) in [6.07, 6.45) is 0. The van der Waals surface area contributed by atoms with E-state index in [1.165, 1.54) is 18.4 Å². The van der Waals surface area contributed by atoms with Crippen LogP contribution in [0.15, 0.2) is 34.2 Å². The van der Waals surface area contributed by atoms with Gasteiger partial charge in [0.05, 0.1) is 24.7 Å². The van der Waals surface area contributed by atoms with E-state index in [0.717, 1.165) is 50.9 Å². The van der Waals surface area contributed by atoms with E-state index in [1.807, 2.05) is 19.1 Å². The van der Waals surface area contributed by atoms with E-state index in [-0.39, 0.29) is 4.90 Å². The van der Waals surface area contributed by atoms with Crippen LogP contribution in [0.3, 0.4) is 0 Å². The van der Waals surface area contributed by atoms with Crippen LogP contribution in [-0.4, -0.2) is 83.1 Å². The van der Waals surface area contributed by atoms with Gasteiger partial charge in [-0.2, -0.15) is 0 Å². The highest BCUT2D eigenvalue weighted by Gasteiger charge is 2.24. The van der Waals surface area contributed by atoms with E-state index >= 15 is 0 Å². The molecule has 1 aliphatic rings. The molecule has 9 heteroatoms. The standard InChI is InChI=1S/C21H37N5O3S/c1-6-22-21(24-16-20(17(2)3)26-11-13-29-14-12-26)23-15-18-7-9-19(10-8-18)30(27,28)25(4)5/h7-10,17,20H,6,11-16H2,1-5H3,(H2,22,23,24). The van der Waals surface area contributed by atoms with Gasteiger partial charge in [0.25, 0.3) is 0 Å². The molecule has 0 saturated carbocycles. The smallest absolute Gasteiger partial charge is 0.242 e. The van der Waals surface area contributed by atoms with Crippen molar-refractivity contribution in [1.29, 1.82) is 0 Å². The Bertz CT molecular complexity index is 772. The third-order valence-electron chi connectivity index (χ3n) is 5.23. The number of ether oxygens (including phenoxy) is 1. The first kappa shape index (κ1) is 24.6. The zero-order valence-electron chi connectivity index (χ0n) is 18.9. The maximum absolute atomic E-state index is 12.2. The van der Waals surface area contributed by atoms with Crippen LogP contribution in [0.25, 0.3) is 0 Å². The molecule has 2 rings (SSSR count). The minimum absolute atomic E-state index is 0.288. The predicted octanol–water partition coefficient (Wildman–Crippen LogP) is 1.35. The highest BCUT2D eigenvalue weighted by Crippen LogP contribution is 2.15. The molecule has 0 aromatic heterocycles. The fourth-order valence-electron chi connectivity index (χ4n) is 3.39. The predicted molar refractivity (Wildman–Crippen MR) is 121 cm³/mol. The molecule has 1 aromatic carbocycles. The van der Waals surface area contributed by atoms with Crippen molar-refractivity contribution in [2.24, 2.45) is 10.9 Å². The number of hydrogen-bond donors (Lipinski definition) is 2. The summed E-state index contributed by atoms with van der Waals surface area (Å²) in [7, 11) is -0.349. The molecule has 1 aliphatic heterocycles. The summed E-state index contributed by atoms with van der Waals surface area (Å²) in [4.78, 5) is 7.45. The van der Waals surface area contributed by atoms with Crippen LogP contribution in [0.1, 0.15) is 26.3 Å². The Balaban J connectivity index is 2.01. The van der Waals surface area contributed by atoms with Crippen molar-refractivity contribution < 1.29 is 13.2 Å². The lowest BCUT2D eigenvalue weighted by molar-refractivity contribution is 0.00752. The fourth-order valence-corrected chi connectivity index (χ4v) is 4.29. The van der Waals surface area contributed by atoms with E-state index in [9.17, 15) is 8.42 Å². The van der Waals surface area contributed by atoms with Crippen LogP contribution in [-0.2, 0) is 21.3 Å². The SMILES string of the molecule is CCNC(=NCc1ccc(S(=O)(=O)N(C)C)cc1)NCC(C(C)C)N1CCOCC1. The topological polar surface area (TPSA) is 86.3 Å². The maximum Gasteiger partial charge on any atom is 0.242 e. The second-order valence-electron chi connectivity index (χ2n) is 7.97. The van der Waals surface area contributed by atoms with Gasteiger partial charge in [-0.1, -0.05) is 26.0 Å². The second-order valence-corrected chi connectivity index (χ2v) is 10.1. The molecule has 0 bridgehead atoms. The van der Waals surface area contributed by atoms with Gasteiger partial charge >= 0.3 is 0 Å². The number of nitrogens with zero attached hydrogens (tertiary/aromatic N) is 3. The summed E-state index contributed by atoms with van der Waals surface area (Å²) in [6, 6.07) is 7.30. The summed E-state index contributed by atoms with van der Waals surface area (Å²) in [5, 5.41) is 6.77. The lowest BCUT2D eigenvalue weighted by Crippen LogP contribution is -2.52. The Kier molecular flexibility index (Phi) is 9.54. The minimum Gasteiger partial charge on any atom is -0.379 e. The summed E-state index contributed by atoms with van der Waals surface area (Å²) in [5.41, 5.74) is 0.957. The van der Waals surface area contributed by atoms with Crippen molar-refractivity contribution in [3.63, 3.8) is 0 Å². The van der Waals surface area contributed by atoms with Gasteiger partial charge in [0.1, 0.15) is 0 Å². The average Bonchev–Trinajstić information content (AvgIpc) is 2.72. The van der Waals surface area contributed by atoms with Crippen molar-refractivity contribution in [2.75, 3.05) is 53.5 Å². The summed E-state index contributed by atoms with van der Waals surface area (Å²) in [5.74, 6) is 1.28. The Labute approximate surface area is 181 Å². The van der Waals surface area contributed by atoms with Crippen molar-refractivity contribution in [3.05, 3.63) is 29.8 Å². The van der Waals surface area contributed by atoms with Crippen molar-refractivity contribution >= 4 is 16.0 Å². The molecule has 0 amide bonds. The summed E-state index contributed by atoms with van der Waals surface area (Å²) < 4.78 is 31.1. The second kappa shape index (κ2) is 11.6. The van der Waals surface area contributed by atoms with Crippen molar-refractivity contribution in [1.82, 2.24) is 19.8 Å². The van der Waals surface area contributed by atoms with Crippen molar-refractivity contribution in [3.8, 4) is 0 Å². The number of sulfonamides is 1. The highest BCUT2D eigenvalue weighted by atomic mass is 32.2. The quantitative estimate of drug-likeness (QED) is 0.446. The number of hydrogen-bond acceptors (Lipinski definition) is 5. The van der Waals surface area contributed by atoms with Crippen LogP contribution in [0, 0.1) is 5.92 Å². The molecule has 0 spiro atoms. The fraction of sp³-hybridized carbons (Fsp3) is 0.667. The number of nitrogens with one attached hydrogen (secondary N) is 2. The molecular weight excluding hydrogens is 402 g/mol. The Hall–Kier alpha value is -1.68. The zero-order valence-corrected chi connectivity index (χ0v) is 19.7. The molecule has 1 aromatic rings. The lowest BCUT2D eigenvalue weighted by atomic mass is 10.0. The third kappa shape index (κ3) is 6.94. The number of morpholine rings is 1. The average molecular weight is 440 g/mol. The van der Waals surface area contributed by atoms with E-state index in [4.69, 9.17) is 4.74 Å². The molecule has 1 atom stereocenters. The van der Waals surface area contributed by atoms with Crippen LogP contribution in [0.5, 0.6) is 0 Å². The monoisotopic (exact) mass is 439 g/mol. The Morgan fingerprint density at radius 2 is 1.80 bits per heavy atom. The Morgan fingerprint density at radius 3 is 2.33 bits per heavy atom. The molecule has 1 fully saturated rings. The van der Waals surface area contributed by atoms with E-state index < -0.39 is 10.0 Å². The van der Waals surface area contributed by atoms with E-state index in [0.29, 0.717) is 18.5 Å². The number of rotatable bonds is 9. The van der Waals surface area contributed by atoms with Crippen LogP contribution < -0.4 is 10.6 Å². The molecule has 1 saturated heterocycles. The van der Waals surface area contributed by atoms with Gasteiger partial charge in [0.2, 0.25) is 10.0 Å². The van der Waals surface area contributed by atoms with Gasteiger partial charge in [0.15, 0.2) is 5.96 Å². The summed E-state index contributed by atoms with van der Waals surface area (Å²) >= 11 is 0. The molecule has 1 heterocycles. The molecular formula is C21H37N5O3S. The molecule has 30 heavy (non-hydrogen) atoms. The normalized spacial score (nSPS) is 17.4. The van der Waals surface area contributed by atoms with Gasteiger partial charge in [-0.15, -0.1) is 0 Å².